The number of imidazole rings is 1. The minimum absolute atomic E-state index is 0.649. The molecule has 0 amide bonds. The maximum atomic E-state index is 4.99. The Labute approximate surface area is 169 Å². The van der Waals surface area contributed by atoms with Gasteiger partial charge in [0.15, 0.2) is 5.65 Å². The summed E-state index contributed by atoms with van der Waals surface area (Å²) in [5.41, 5.74) is 5.55. The Morgan fingerprint density at radius 3 is 2.83 bits per heavy atom. The number of hydrogen-bond acceptors (Lipinski definition) is 5. The van der Waals surface area contributed by atoms with E-state index in [9.17, 15) is 0 Å². The zero-order valence-corrected chi connectivity index (χ0v) is 16.8. The molecule has 1 fully saturated rings. The van der Waals surface area contributed by atoms with Crippen molar-refractivity contribution in [3.63, 3.8) is 0 Å². The van der Waals surface area contributed by atoms with Gasteiger partial charge in [0.25, 0.3) is 0 Å². The van der Waals surface area contributed by atoms with E-state index in [2.05, 4.69) is 27.0 Å². The lowest BCUT2D eigenvalue weighted by Crippen LogP contribution is -2.28. The van der Waals surface area contributed by atoms with Crippen LogP contribution < -0.4 is 0 Å². The molecule has 0 radical (unpaired) electrons. The van der Waals surface area contributed by atoms with Gasteiger partial charge in [-0.1, -0.05) is 18.9 Å². The summed E-state index contributed by atoms with van der Waals surface area (Å²) in [6.07, 6.45) is 8.75. The lowest BCUT2D eigenvalue weighted by Gasteiger charge is -2.22. The fraction of sp³-hybridized carbons (Fsp3) is 0.364. The van der Waals surface area contributed by atoms with Crippen LogP contribution in [0.25, 0.3) is 28.3 Å². The molecule has 1 aliphatic rings. The number of nitrogens with one attached hydrogen (secondary N) is 1. The summed E-state index contributed by atoms with van der Waals surface area (Å²) in [4.78, 5) is 19.9. The number of aryl methyl sites for hydroxylation is 1. The summed E-state index contributed by atoms with van der Waals surface area (Å²) in [7, 11) is 2.20. The Morgan fingerprint density at radius 1 is 1.14 bits per heavy atom. The van der Waals surface area contributed by atoms with Crippen molar-refractivity contribution in [1.82, 2.24) is 34.4 Å². The van der Waals surface area contributed by atoms with Crippen molar-refractivity contribution in [2.45, 2.75) is 45.2 Å². The molecule has 4 aromatic heterocycles. The van der Waals surface area contributed by atoms with Crippen molar-refractivity contribution in [3.8, 4) is 22.6 Å². The smallest absolute Gasteiger partial charge is 0.155 e. The fourth-order valence-corrected chi connectivity index (χ4v) is 4.24. The van der Waals surface area contributed by atoms with Crippen molar-refractivity contribution in [1.29, 1.82) is 0 Å². The number of aromatic nitrogens is 6. The molecule has 148 valence electrons. The highest BCUT2D eigenvalue weighted by Gasteiger charge is 2.22. The summed E-state index contributed by atoms with van der Waals surface area (Å²) in [5.74, 6) is 0.964. The Hall–Kier alpha value is -3.06. The van der Waals surface area contributed by atoms with E-state index in [1.54, 1.807) is 10.8 Å². The summed E-state index contributed by atoms with van der Waals surface area (Å²) >= 11 is 0. The quantitative estimate of drug-likeness (QED) is 0.563. The Balaban J connectivity index is 1.56. The van der Waals surface area contributed by atoms with Crippen LogP contribution in [0.1, 0.15) is 37.2 Å². The van der Waals surface area contributed by atoms with Crippen molar-refractivity contribution < 1.29 is 0 Å². The van der Waals surface area contributed by atoms with E-state index in [4.69, 9.17) is 9.97 Å². The van der Waals surface area contributed by atoms with Gasteiger partial charge in [-0.05, 0) is 51.1 Å². The largest absolute Gasteiger partial charge is 0.339 e. The molecule has 0 aliphatic heterocycles. The first-order chi connectivity index (χ1) is 14.2. The molecule has 1 aliphatic carbocycles. The van der Waals surface area contributed by atoms with Gasteiger partial charge in [-0.3, -0.25) is 9.88 Å². The molecule has 0 aromatic carbocycles. The lowest BCUT2D eigenvalue weighted by atomic mass is 10.1. The first-order valence-electron chi connectivity index (χ1n) is 10.2. The second-order valence-electron chi connectivity index (χ2n) is 7.91. The van der Waals surface area contributed by atoms with Crippen LogP contribution in [0.4, 0.5) is 0 Å². The van der Waals surface area contributed by atoms with Crippen LogP contribution in [0.2, 0.25) is 0 Å². The van der Waals surface area contributed by atoms with E-state index in [0.29, 0.717) is 6.04 Å². The topological polar surface area (TPSA) is 75.0 Å². The van der Waals surface area contributed by atoms with Gasteiger partial charge in [0.05, 0.1) is 23.6 Å². The van der Waals surface area contributed by atoms with Gasteiger partial charge >= 0.3 is 0 Å². The summed E-state index contributed by atoms with van der Waals surface area (Å²) in [6.45, 7) is 2.81. The highest BCUT2D eigenvalue weighted by Crippen LogP contribution is 2.30. The van der Waals surface area contributed by atoms with E-state index in [1.807, 2.05) is 43.5 Å². The van der Waals surface area contributed by atoms with E-state index >= 15 is 0 Å². The van der Waals surface area contributed by atoms with Crippen LogP contribution in [0, 0.1) is 6.92 Å². The van der Waals surface area contributed by atoms with Crippen LogP contribution >= 0.6 is 0 Å². The molecular weight excluding hydrogens is 362 g/mol. The van der Waals surface area contributed by atoms with E-state index in [0.717, 1.165) is 46.4 Å². The first-order valence-corrected chi connectivity index (χ1v) is 10.2. The third-order valence-electron chi connectivity index (χ3n) is 5.79. The number of nitrogens with zero attached hydrogens (tertiary/aromatic N) is 6. The van der Waals surface area contributed by atoms with Crippen LogP contribution in [0.5, 0.6) is 0 Å². The van der Waals surface area contributed by atoms with Gasteiger partial charge in [0.2, 0.25) is 0 Å². The third kappa shape index (κ3) is 3.53. The van der Waals surface area contributed by atoms with Crippen LogP contribution in [0.15, 0.2) is 42.9 Å². The molecule has 4 heterocycles. The second-order valence-corrected chi connectivity index (χ2v) is 7.91. The number of rotatable bonds is 5. The number of fused-ring (bicyclic) bond motifs is 1. The van der Waals surface area contributed by atoms with Gasteiger partial charge in [-0.2, -0.15) is 5.10 Å². The minimum atomic E-state index is 0.649. The molecule has 0 saturated heterocycles. The molecular formula is C22H25N7. The predicted octanol–water partition coefficient (Wildman–Crippen LogP) is 3.86. The van der Waals surface area contributed by atoms with Crippen LogP contribution in [0.3, 0.4) is 0 Å². The monoisotopic (exact) mass is 387 g/mol. The van der Waals surface area contributed by atoms with Gasteiger partial charge in [-0.15, -0.1) is 0 Å². The number of aromatic amines is 1. The van der Waals surface area contributed by atoms with Crippen molar-refractivity contribution in [3.05, 3.63) is 54.4 Å². The summed E-state index contributed by atoms with van der Waals surface area (Å²) in [5, 5.41) is 4.27. The molecule has 4 aromatic rings. The molecule has 1 N–H and O–H groups in total. The fourth-order valence-electron chi connectivity index (χ4n) is 4.24. The van der Waals surface area contributed by atoms with Gasteiger partial charge < -0.3 is 4.98 Å². The predicted molar refractivity (Wildman–Crippen MR) is 112 cm³/mol. The lowest BCUT2D eigenvalue weighted by molar-refractivity contribution is 0.232. The van der Waals surface area contributed by atoms with Gasteiger partial charge in [0.1, 0.15) is 12.2 Å². The highest BCUT2D eigenvalue weighted by molar-refractivity contribution is 5.77. The maximum Gasteiger partial charge on any atom is 0.155 e. The van der Waals surface area contributed by atoms with Crippen LogP contribution in [-0.2, 0) is 6.54 Å². The van der Waals surface area contributed by atoms with E-state index in [1.165, 1.54) is 25.7 Å². The zero-order valence-electron chi connectivity index (χ0n) is 16.8. The number of pyridine rings is 2. The number of H-pyrrole nitrogens is 1. The SMILES string of the molecule is Cc1cccc(-c2[nH]c(CN(C)C3CCCC3)nc2-c2ccc3ncnn3c2)n1. The zero-order chi connectivity index (χ0) is 19.8. The molecule has 7 nitrogen and oxygen atoms in total. The highest BCUT2D eigenvalue weighted by atomic mass is 15.3. The molecule has 7 heteroatoms. The molecule has 1 saturated carbocycles. The third-order valence-corrected chi connectivity index (χ3v) is 5.79. The molecule has 0 atom stereocenters. The van der Waals surface area contributed by atoms with Crippen molar-refractivity contribution in [2.24, 2.45) is 0 Å². The molecule has 0 spiro atoms. The average molecular weight is 387 g/mol. The Bertz CT molecular complexity index is 1140. The summed E-state index contributed by atoms with van der Waals surface area (Å²) < 4.78 is 1.78. The Morgan fingerprint density at radius 2 is 2.00 bits per heavy atom. The Kier molecular flexibility index (Phi) is 4.60. The van der Waals surface area contributed by atoms with Gasteiger partial charge in [-0.25, -0.2) is 14.5 Å². The van der Waals surface area contributed by atoms with Gasteiger partial charge in [0, 0.05) is 23.5 Å². The standard InChI is InChI=1S/C22H25N7/c1-15-6-5-9-18(25-15)22-21(16-10-11-20-23-14-24-29(20)12-16)26-19(27-22)13-28(2)17-7-3-4-8-17/h5-6,9-12,14,17H,3-4,7-8,13H2,1-2H3,(H,26,27). The average Bonchev–Trinajstić information content (AvgIpc) is 3.47. The van der Waals surface area contributed by atoms with Crippen molar-refractivity contribution in [2.75, 3.05) is 7.05 Å². The molecule has 0 bridgehead atoms. The molecule has 5 rings (SSSR count). The molecule has 29 heavy (non-hydrogen) atoms. The van der Waals surface area contributed by atoms with E-state index in [-0.39, 0.29) is 0 Å². The maximum absolute atomic E-state index is 4.99. The van der Waals surface area contributed by atoms with Crippen molar-refractivity contribution >= 4 is 5.65 Å². The second kappa shape index (κ2) is 7.40. The first kappa shape index (κ1) is 18.0. The van der Waals surface area contributed by atoms with Crippen LogP contribution in [-0.4, -0.2) is 47.5 Å². The summed E-state index contributed by atoms with van der Waals surface area (Å²) in [6, 6.07) is 10.7. The minimum Gasteiger partial charge on any atom is -0.339 e. The normalized spacial score (nSPS) is 15.0. The molecule has 0 unspecified atom stereocenters. The van der Waals surface area contributed by atoms with E-state index < -0.39 is 0 Å². The number of hydrogen-bond donors (Lipinski definition) is 1.